The minimum Gasteiger partial charge on any atom is -0.339 e. The van der Waals surface area contributed by atoms with Crippen LogP contribution in [0.4, 0.5) is 0 Å². The summed E-state index contributed by atoms with van der Waals surface area (Å²) in [6, 6.07) is 8.70. The first kappa shape index (κ1) is 16.1. The zero-order valence-electron chi connectivity index (χ0n) is 14.5. The molecule has 0 spiro atoms. The molecule has 1 saturated carbocycles. The molecule has 1 aliphatic heterocycles. The Morgan fingerprint density at radius 2 is 2.12 bits per heavy atom. The van der Waals surface area contributed by atoms with Crippen LogP contribution in [0.2, 0.25) is 0 Å². The minimum atomic E-state index is 0.340. The van der Waals surface area contributed by atoms with Gasteiger partial charge in [-0.25, -0.2) is 4.98 Å². The molecule has 2 aromatic rings. The molecule has 0 N–H and O–H groups in total. The lowest BCUT2D eigenvalue weighted by Crippen LogP contribution is -2.54. The van der Waals surface area contributed by atoms with Gasteiger partial charge in [-0.1, -0.05) is 31.9 Å². The summed E-state index contributed by atoms with van der Waals surface area (Å²) in [6.45, 7) is 3.36. The van der Waals surface area contributed by atoms with E-state index in [0.29, 0.717) is 23.8 Å². The number of hydrogen-bond acceptors (Lipinski definition) is 3. The molecule has 4 rings (SSSR count). The second-order valence-electron chi connectivity index (χ2n) is 7.68. The van der Waals surface area contributed by atoms with Gasteiger partial charge in [0.2, 0.25) is 5.91 Å². The second kappa shape index (κ2) is 6.47. The number of hydrogen-bond donors (Lipinski definition) is 0. The van der Waals surface area contributed by atoms with E-state index in [1.54, 1.807) is 11.3 Å². The monoisotopic (exact) mass is 342 g/mol. The number of likely N-dealkylation sites (tertiary alicyclic amines) is 1. The molecule has 2 aliphatic rings. The van der Waals surface area contributed by atoms with Crippen molar-refractivity contribution in [1.29, 1.82) is 0 Å². The van der Waals surface area contributed by atoms with Gasteiger partial charge in [0.25, 0.3) is 0 Å². The third kappa shape index (κ3) is 2.97. The molecule has 0 radical (unpaired) electrons. The van der Waals surface area contributed by atoms with Crippen LogP contribution < -0.4 is 0 Å². The highest BCUT2D eigenvalue weighted by molar-refractivity contribution is 7.18. The highest BCUT2D eigenvalue weighted by Gasteiger charge is 2.43. The summed E-state index contributed by atoms with van der Waals surface area (Å²) in [5, 5.41) is 1.09. The van der Waals surface area contributed by atoms with Crippen LogP contribution in [0.5, 0.6) is 0 Å². The maximum atomic E-state index is 12.9. The van der Waals surface area contributed by atoms with Crippen LogP contribution in [-0.2, 0) is 11.2 Å². The Morgan fingerprint density at radius 1 is 1.29 bits per heavy atom. The van der Waals surface area contributed by atoms with Crippen LogP contribution >= 0.6 is 11.3 Å². The van der Waals surface area contributed by atoms with E-state index in [2.05, 4.69) is 28.9 Å². The summed E-state index contributed by atoms with van der Waals surface area (Å²) >= 11 is 1.73. The third-order valence-corrected chi connectivity index (χ3v) is 7.11. The molecule has 1 aliphatic carbocycles. The molecule has 2 fully saturated rings. The average molecular weight is 343 g/mol. The van der Waals surface area contributed by atoms with Crippen molar-refractivity contribution in [2.45, 2.75) is 64.3 Å². The molecular formula is C20H26N2OS. The number of aryl methyl sites for hydroxylation is 1. The van der Waals surface area contributed by atoms with E-state index in [0.717, 1.165) is 23.5 Å². The van der Waals surface area contributed by atoms with Gasteiger partial charge in [-0.15, -0.1) is 11.3 Å². The molecule has 1 amide bonds. The number of nitrogens with zero attached hydrogens (tertiary/aromatic N) is 2. The van der Waals surface area contributed by atoms with Gasteiger partial charge in [0.15, 0.2) is 0 Å². The SMILES string of the molecule is CC12CCCCC1N(C(=O)CCc1nc3ccccc3s1)CCC2. The Balaban J connectivity index is 1.43. The fraction of sp³-hybridized carbons (Fsp3) is 0.600. The quantitative estimate of drug-likeness (QED) is 0.803. The summed E-state index contributed by atoms with van der Waals surface area (Å²) in [6.07, 6.45) is 8.94. The van der Waals surface area contributed by atoms with Crippen LogP contribution in [0.15, 0.2) is 24.3 Å². The predicted octanol–water partition coefficient (Wildman–Crippen LogP) is 4.80. The molecule has 4 heteroatoms. The number of fused-ring (bicyclic) bond motifs is 2. The van der Waals surface area contributed by atoms with Gasteiger partial charge in [-0.2, -0.15) is 0 Å². The van der Waals surface area contributed by atoms with Crippen molar-refractivity contribution in [1.82, 2.24) is 9.88 Å². The second-order valence-corrected chi connectivity index (χ2v) is 8.80. The van der Waals surface area contributed by atoms with E-state index in [1.807, 2.05) is 12.1 Å². The number of rotatable bonds is 3. The van der Waals surface area contributed by atoms with Crippen molar-refractivity contribution in [3.05, 3.63) is 29.3 Å². The molecular weight excluding hydrogens is 316 g/mol. The van der Waals surface area contributed by atoms with Gasteiger partial charge in [0, 0.05) is 25.4 Å². The highest BCUT2D eigenvalue weighted by Crippen LogP contribution is 2.45. The normalized spacial score (nSPS) is 27.2. The summed E-state index contributed by atoms with van der Waals surface area (Å²) < 4.78 is 1.22. The molecule has 3 nitrogen and oxygen atoms in total. The van der Waals surface area contributed by atoms with Crippen LogP contribution in [0.25, 0.3) is 10.2 Å². The maximum Gasteiger partial charge on any atom is 0.223 e. The molecule has 24 heavy (non-hydrogen) atoms. The topological polar surface area (TPSA) is 33.2 Å². The number of carbonyl (C=O) groups excluding carboxylic acids is 1. The number of amides is 1. The standard InChI is InChI=1S/C20H26N2OS/c1-20-12-5-4-9-17(20)22(14-6-13-20)19(23)11-10-18-21-15-7-2-3-8-16(15)24-18/h2-3,7-8,17H,4-6,9-14H2,1H3. The lowest BCUT2D eigenvalue weighted by atomic mass is 9.66. The Kier molecular flexibility index (Phi) is 4.33. The van der Waals surface area contributed by atoms with E-state index in [4.69, 9.17) is 0 Å². The van der Waals surface area contributed by atoms with Gasteiger partial charge in [-0.05, 0) is 43.2 Å². The minimum absolute atomic E-state index is 0.340. The molecule has 2 heterocycles. The van der Waals surface area contributed by atoms with Crippen molar-refractivity contribution in [3.8, 4) is 0 Å². The average Bonchev–Trinajstić information content (AvgIpc) is 3.01. The fourth-order valence-corrected chi connectivity index (χ4v) is 5.66. The Labute approximate surface area is 148 Å². The highest BCUT2D eigenvalue weighted by atomic mass is 32.1. The Hall–Kier alpha value is -1.42. The lowest BCUT2D eigenvalue weighted by Gasteiger charge is -2.51. The molecule has 2 atom stereocenters. The van der Waals surface area contributed by atoms with Crippen molar-refractivity contribution in [2.75, 3.05) is 6.54 Å². The molecule has 128 valence electrons. The molecule has 0 bridgehead atoms. The fourth-order valence-electron chi connectivity index (χ4n) is 4.70. The number of aromatic nitrogens is 1. The van der Waals surface area contributed by atoms with E-state index in [-0.39, 0.29) is 0 Å². The summed E-state index contributed by atoms with van der Waals surface area (Å²) in [7, 11) is 0. The Bertz CT molecular complexity index is 703. The molecule has 2 unspecified atom stereocenters. The number of thiazole rings is 1. The van der Waals surface area contributed by atoms with Crippen molar-refractivity contribution >= 4 is 27.5 Å². The zero-order chi connectivity index (χ0) is 16.6. The van der Waals surface area contributed by atoms with E-state index in [1.165, 1.54) is 43.2 Å². The number of benzene rings is 1. The molecule has 1 aromatic carbocycles. The largest absolute Gasteiger partial charge is 0.339 e. The van der Waals surface area contributed by atoms with Crippen molar-refractivity contribution in [3.63, 3.8) is 0 Å². The number of carbonyl (C=O) groups is 1. The van der Waals surface area contributed by atoms with Crippen molar-refractivity contribution in [2.24, 2.45) is 5.41 Å². The van der Waals surface area contributed by atoms with Gasteiger partial charge < -0.3 is 4.90 Å². The Morgan fingerprint density at radius 3 is 3.00 bits per heavy atom. The van der Waals surface area contributed by atoms with Gasteiger partial charge >= 0.3 is 0 Å². The van der Waals surface area contributed by atoms with Gasteiger partial charge in [0.05, 0.1) is 15.2 Å². The summed E-state index contributed by atoms with van der Waals surface area (Å²) in [4.78, 5) is 19.8. The summed E-state index contributed by atoms with van der Waals surface area (Å²) in [5.74, 6) is 0.340. The number of piperidine rings is 1. The first-order valence-corrected chi connectivity index (χ1v) is 10.1. The first-order chi connectivity index (χ1) is 11.7. The van der Waals surface area contributed by atoms with Crippen LogP contribution in [-0.4, -0.2) is 28.4 Å². The first-order valence-electron chi connectivity index (χ1n) is 9.30. The molecule has 1 aromatic heterocycles. The predicted molar refractivity (Wildman–Crippen MR) is 99.3 cm³/mol. The van der Waals surface area contributed by atoms with Crippen LogP contribution in [0.1, 0.15) is 56.9 Å². The smallest absolute Gasteiger partial charge is 0.223 e. The van der Waals surface area contributed by atoms with Gasteiger partial charge in [-0.3, -0.25) is 4.79 Å². The van der Waals surface area contributed by atoms with E-state index < -0.39 is 0 Å². The van der Waals surface area contributed by atoms with E-state index >= 15 is 0 Å². The van der Waals surface area contributed by atoms with E-state index in [9.17, 15) is 4.79 Å². The maximum absolute atomic E-state index is 12.9. The van der Waals surface area contributed by atoms with Crippen LogP contribution in [0.3, 0.4) is 0 Å². The summed E-state index contributed by atoms with van der Waals surface area (Å²) in [5.41, 5.74) is 1.42. The zero-order valence-corrected chi connectivity index (χ0v) is 15.3. The van der Waals surface area contributed by atoms with Crippen LogP contribution in [0, 0.1) is 5.41 Å². The molecule has 1 saturated heterocycles. The van der Waals surface area contributed by atoms with Crippen molar-refractivity contribution < 1.29 is 4.79 Å². The lowest BCUT2D eigenvalue weighted by molar-refractivity contribution is -0.141. The van der Waals surface area contributed by atoms with Gasteiger partial charge in [0.1, 0.15) is 0 Å². The third-order valence-electron chi connectivity index (χ3n) is 6.01. The number of para-hydroxylation sites is 1.